The van der Waals surface area contributed by atoms with E-state index in [-0.39, 0.29) is 22.5 Å². The first-order valence-corrected chi connectivity index (χ1v) is 11.4. The van der Waals surface area contributed by atoms with Crippen molar-refractivity contribution < 1.29 is 22.7 Å². The minimum Gasteiger partial charge on any atom is -0.497 e. The first kappa shape index (κ1) is 21.2. The Hall–Kier alpha value is -2.52. The molecule has 0 bridgehead atoms. The standard InChI is InChI=1S/C20H22N2O5S2/c1-12(9-19(23)21-14-5-4-6-15(10-14)27-3)29(25,26)16-7-8-18-17(11-16)22-20(24)13(2)28-18/h4-8,10-13H,9H2,1-3H3,(H,21,23)(H,22,24)/t12-,13-/m1/s1. The van der Waals surface area contributed by atoms with Crippen molar-refractivity contribution in [1.29, 1.82) is 0 Å². The average molecular weight is 435 g/mol. The van der Waals surface area contributed by atoms with Crippen molar-refractivity contribution in [1.82, 2.24) is 0 Å². The van der Waals surface area contributed by atoms with E-state index in [1.54, 1.807) is 37.3 Å². The van der Waals surface area contributed by atoms with E-state index in [4.69, 9.17) is 4.74 Å². The number of carbonyl (C=O) groups excluding carboxylic acids is 2. The summed E-state index contributed by atoms with van der Waals surface area (Å²) in [5.41, 5.74) is 1.01. The van der Waals surface area contributed by atoms with Crippen molar-refractivity contribution >= 4 is 44.8 Å². The topological polar surface area (TPSA) is 102 Å². The number of hydrogen-bond donors (Lipinski definition) is 2. The lowest BCUT2D eigenvalue weighted by atomic mass is 10.2. The smallest absolute Gasteiger partial charge is 0.237 e. The van der Waals surface area contributed by atoms with Crippen LogP contribution in [0.2, 0.25) is 0 Å². The Balaban J connectivity index is 1.73. The molecule has 2 N–H and O–H groups in total. The Kier molecular flexibility index (Phi) is 6.18. The molecule has 0 unspecified atom stereocenters. The zero-order valence-electron chi connectivity index (χ0n) is 16.3. The van der Waals surface area contributed by atoms with Gasteiger partial charge in [-0.25, -0.2) is 8.42 Å². The molecular weight excluding hydrogens is 412 g/mol. The van der Waals surface area contributed by atoms with Gasteiger partial charge in [0.05, 0.1) is 28.2 Å². The van der Waals surface area contributed by atoms with Crippen molar-refractivity contribution in [3.05, 3.63) is 42.5 Å². The van der Waals surface area contributed by atoms with Gasteiger partial charge in [-0.3, -0.25) is 9.59 Å². The van der Waals surface area contributed by atoms with Gasteiger partial charge in [0.1, 0.15) is 5.75 Å². The zero-order valence-corrected chi connectivity index (χ0v) is 17.9. The fraction of sp³-hybridized carbons (Fsp3) is 0.300. The van der Waals surface area contributed by atoms with Gasteiger partial charge in [-0.15, -0.1) is 11.8 Å². The van der Waals surface area contributed by atoms with E-state index in [2.05, 4.69) is 10.6 Å². The summed E-state index contributed by atoms with van der Waals surface area (Å²) in [5.74, 6) is 0.0134. The highest BCUT2D eigenvalue weighted by Gasteiger charge is 2.29. The van der Waals surface area contributed by atoms with Crippen LogP contribution in [-0.4, -0.2) is 37.8 Å². The molecule has 1 aliphatic rings. The number of rotatable bonds is 6. The summed E-state index contributed by atoms with van der Waals surface area (Å²) in [6.45, 7) is 3.28. The molecule has 2 aromatic rings. The highest BCUT2D eigenvalue weighted by atomic mass is 32.2. The van der Waals surface area contributed by atoms with Gasteiger partial charge < -0.3 is 15.4 Å². The second-order valence-electron chi connectivity index (χ2n) is 6.75. The van der Waals surface area contributed by atoms with E-state index in [1.807, 2.05) is 0 Å². The quantitative estimate of drug-likeness (QED) is 0.723. The van der Waals surface area contributed by atoms with Gasteiger partial charge in [-0.2, -0.15) is 0 Å². The lowest BCUT2D eigenvalue weighted by Gasteiger charge is -2.22. The number of hydrogen-bond acceptors (Lipinski definition) is 6. The minimum absolute atomic E-state index is 0.0772. The molecule has 2 atom stereocenters. The molecule has 0 fully saturated rings. The summed E-state index contributed by atoms with van der Waals surface area (Å²) in [6.07, 6.45) is -0.200. The molecule has 0 aliphatic carbocycles. The maximum absolute atomic E-state index is 12.9. The molecule has 7 nitrogen and oxygen atoms in total. The van der Waals surface area contributed by atoms with Crippen molar-refractivity contribution in [2.75, 3.05) is 17.7 Å². The summed E-state index contributed by atoms with van der Waals surface area (Å²) >= 11 is 1.38. The van der Waals surface area contributed by atoms with E-state index in [0.29, 0.717) is 17.1 Å². The van der Waals surface area contributed by atoms with Gasteiger partial charge in [0, 0.05) is 23.1 Å². The van der Waals surface area contributed by atoms with Crippen molar-refractivity contribution in [3.63, 3.8) is 0 Å². The molecule has 0 saturated heterocycles. The summed E-state index contributed by atoms with van der Waals surface area (Å²) in [4.78, 5) is 25.1. The third-order valence-electron chi connectivity index (χ3n) is 4.57. The molecule has 0 spiro atoms. The van der Waals surface area contributed by atoms with Crippen LogP contribution < -0.4 is 15.4 Å². The number of ether oxygens (including phenoxy) is 1. The second kappa shape index (κ2) is 8.46. The van der Waals surface area contributed by atoms with Crippen molar-refractivity contribution in [2.45, 2.75) is 40.6 Å². The van der Waals surface area contributed by atoms with Gasteiger partial charge in [0.15, 0.2) is 9.84 Å². The minimum atomic E-state index is -3.75. The number of anilines is 2. The van der Waals surface area contributed by atoms with Crippen LogP contribution in [-0.2, 0) is 19.4 Å². The average Bonchev–Trinajstić information content (AvgIpc) is 2.68. The Morgan fingerprint density at radius 2 is 2.03 bits per heavy atom. The van der Waals surface area contributed by atoms with Gasteiger partial charge >= 0.3 is 0 Å². The Morgan fingerprint density at radius 1 is 1.28 bits per heavy atom. The molecule has 1 aliphatic heterocycles. The van der Waals surface area contributed by atoms with Crippen molar-refractivity contribution in [2.24, 2.45) is 0 Å². The zero-order chi connectivity index (χ0) is 21.2. The number of fused-ring (bicyclic) bond motifs is 1. The van der Waals surface area contributed by atoms with Gasteiger partial charge in [-0.1, -0.05) is 6.07 Å². The number of methoxy groups -OCH3 is 1. The first-order chi connectivity index (χ1) is 13.7. The maximum Gasteiger partial charge on any atom is 0.237 e. The van der Waals surface area contributed by atoms with E-state index in [9.17, 15) is 18.0 Å². The Morgan fingerprint density at radius 3 is 2.76 bits per heavy atom. The molecule has 0 radical (unpaired) electrons. The Labute approximate surface area is 174 Å². The predicted octanol–water partition coefficient (Wildman–Crippen LogP) is 3.32. The van der Waals surface area contributed by atoms with E-state index >= 15 is 0 Å². The van der Waals surface area contributed by atoms with Crippen LogP contribution in [0, 0.1) is 0 Å². The number of sulfone groups is 1. The molecule has 3 rings (SSSR count). The van der Waals surface area contributed by atoms with E-state index < -0.39 is 21.0 Å². The normalized spacial score (nSPS) is 17.1. The summed E-state index contributed by atoms with van der Waals surface area (Å²) in [6, 6.07) is 11.5. The van der Waals surface area contributed by atoms with Gasteiger partial charge in [0.25, 0.3) is 0 Å². The monoisotopic (exact) mass is 434 g/mol. The fourth-order valence-corrected chi connectivity index (χ4v) is 5.19. The van der Waals surface area contributed by atoms with E-state index in [0.717, 1.165) is 4.90 Å². The Bertz CT molecular complexity index is 1050. The first-order valence-electron chi connectivity index (χ1n) is 9.00. The van der Waals surface area contributed by atoms with Crippen LogP contribution in [0.3, 0.4) is 0 Å². The lowest BCUT2D eigenvalue weighted by Crippen LogP contribution is -2.27. The van der Waals surface area contributed by atoms with Gasteiger partial charge in [-0.05, 0) is 44.2 Å². The van der Waals surface area contributed by atoms with Crippen LogP contribution in [0.15, 0.2) is 52.3 Å². The molecule has 1 heterocycles. The highest BCUT2D eigenvalue weighted by Crippen LogP contribution is 2.37. The lowest BCUT2D eigenvalue weighted by molar-refractivity contribution is -0.116. The third-order valence-corrected chi connectivity index (χ3v) is 7.88. The summed E-state index contributed by atoms with van der Waals surface area (Å²) in [5, 5.41) is 4.25. The number of nitrogens with one attached hydrogen (secondary N) is 2. The molecular formula is C20H22N2O5S2. The van der Waals surface area contributed by atoms with Crippen LogP contribution in [0.1, 0.15) is 20.3 Å². The summed E-state index contributed by atoms with van der Waals surface area (Å²) < 4.78 is 31.0. The van der Waals surface area contributed by atoms with E-state index in [1.165, 1.54) is 37.9 Å². The SMILES string of the molecule is COc1cccc(NC(=O)C[C@@H](C)S(=O)(=O)c2ccc3c(c2)NC(=O)[C@@H](C)S3)c1. The third kappa shape index (κ3) is 4.73. The number of amides is 2. The number of carbonyl (C=O) groups is 2. The van der Waals surface area contributed by atoms with Crippen LogP contribution in [0.4, 0.5) is 11.4 Å². The molecule has 0 saturated carbocycles. The predicted molar refractivity (Wildman–Crippen MR) is 113 cm³/mol. The largest absolute Gasteiger partial charge is 0.497 e. The maximum atomic E-state index is 12.9. The van der Waals surface area contributed by atoms with Crippen LogP contribution in [0.25, 0.3) is 0 Å². The molecule has 2 aromatic carbocycles. The molecule has 29 heavy (non-hydrogen) atoms. The summed E-state index contributed by atoms with van der Waals surface area (Å²) in [7, 11) is -2.23. The fourth-order valence-electron chi connectivity index (χ4n) is 2.88. The van der Waals surface area contributed by atoms with Crippen LogP contribution in [0.5, 0.6) is 5.75 Å². The molecule has 0 aromatic heterocycles. The van der Waals surface area contributed by atoms with Crippen LogP contribution >= 0.6 is 11.8 Å². The van der Waals surface area contributed by atoms with Crippen molar-refractivity contribution in [3.8, 4) is 5.75 Å². The highest BCUT2D eigenvalue weighted by molar-refractivity contribution is 8.01. The molecule has 154 valence electrons. The number of thioether (sulfide) groups is 1. The molecule has 9 heteroatoms. The second-order valence-corrected chi connectivity index (χ2v) is 10.5. The van der Waals surface area contributed by atoms with Gasteiger partial charge in [0.2, 0.25) is 11.8 Å². The number of benzene rings is 2. The molecule has 2 amide bonds.